The first-order valence-electron chi connectivity index (χ1n) is 9.27. The van der Waals surface area contributed by atoms with Crippen LogP contribution >= 0.6 is 0 Å². The zero-order valence-electron chi connectivity index (χ0n) is 15.3. The van der Waals surface area contributed by atoms with Gasteiger partial charge in [0.1, 0.15) is 17.8 Å². The Morgan fingerprint density at radius 1 is 1.48 bits per heavy atom. The lowest BCUT2D eigenvalue weighted by Gasteiger charge is -2.46. The van der Waals surface area contributed by atoms with E-state index in [0.717, 1.165) is 19.3 Å². The molecule has 3 heterocycles. The van der Waals surface area contributed by atoms with Gasteiger partial charge in [-0.3, -0.25) is 4.79 Å². The molecule has 3 aliphatic heterocycles. The van der Waals surface area contributed by atoms with Crippen LogP contribution in [0.4, 0.5) is 0 Å². The molecule has 1 unspecified atom stereocenters. The van der Waals surface area contributed by atoms with Gasteiger partial charge in [0.15, 0.2) is 6.10 Å². The number of hydrogen-bond acceptors (Lipinski definition) is 5. The van der Waals surface area contributed by atoms with E-state index in [1.807, 2.05) is 20.8 Å². The fraction of sp³-hybridized carbons (Fsp3) is 0.700. The van der Waals surface area contributed by atoms with Crippen LogP contribution in [-0.2, 0) is 23.8 Å². The Balaban J connectivity index is 1.68. The summed E-state index contributed by atoms with van der Waals surface area (Å²) < 4.78 is 17.7. The van der Waals surface area contributed by atoms with Crippen molar-refractivity contribution in [3.63, 3.8) is 0 Å². The molecule has 0 aromatic heterocycles. The predicted molar refractivity (Wildman–Crippen MR) is 90.5 cm³/mol. The Labute approximate surface area is 148 Å². The molecule has 0 amide bonds. The maximum absolute atomic E-state index is 12.3. The molecule has 0 spiro atoms. The molecule has 0 aromatic rings. The van der Waals surface area contributed by atoms with Crippen LogP contribution in [0, 0.1) is 17.8 Å². The number of carbonyl (C=O) groups excluding carboxylic acids is 2. The Bertz CT molecular complexity index is 692. The summed E-state index contributed by atoms with van der Waals surface area (Å²) in [6.07, 6.45) is 1.77. The number of fused-ring (bicyclic) bond motifs is 1. The van der Waals surface area contributed by atoms with Crippen molar-refractivity contribution in [1.82, 2.24) is 0 Å². The van der Waals surface area contributed by atoms with E-state index in [9.17, 15) is 9.59 Å². The van der Waals surface area contributed by atoms with Crippen LogP contribution in [0.5, 0.6) is 0 Å². The SMILES string of the molecule is C=C1C(=O)O[C@@H]2[C@H]1CCC(C)=C1[C@H]3O[C@](C)([C@H]3OC(=O)C(C)CC)[C@@H]12. The minimum Gasteiger partial charge on any atom is -0.458 e. The molecule has 1 saturated carbocycles. The number of allylic oxidation sites excluding steroid dienone is 1. The molecule has 2 aliphatic carbocycles. The van der Waals surface area contributed by atoms with Crippen LogP contribution in [0.25, 0.3) is 0 Å². The average molecular weight is 346 g/mol. The van der Waals surface area contributed by atoms with Gasteiger partial charge < -0.3 is 14.2 Å². The molecule has 7 atom stereocenters. The lowest BCUT2D eigenvalue weighted by molar-refractivity contribution is -0.262. The van der Waals surface area contributed by atoms with Gasteiger partial charge in [0.25, 0.3) is 0 Å². The minimum absolute atomic E-state index is 0.0237. The lowest BCUT2D eigenvalue weighted by atomic mass is 9.78. The van der Waals surface area contributed by atoms with E-state index < -0.39 is 5.60 Å². The normalized spacial score (nSPS) is 43.0. The molecule has 5 aliphatic rings. The third-order valence-electron chi connectivity index (χ3n) is 6.74. The van der Waals surface area contributed by atoms with Crippen LogP contribution in [0.2, 0.25) is 0 Å². The first kappa shape index (κ1) is 16.8. The van der Waals surface area contributed by atoms with Crippen LogP contribution in [0.15, 0.2) is 23.3 Å². The van der Waals surface area contributed by atoms with Gasteiger partial charge in [0.2, 0.25) is 0 Å². The highest BCUT2D eigenvalue weighted by Gasteiger charge is 2.73. The zero-order chi connectivity index (χ0) is 18.1. The number of carbonyl (C=O) groups is 2. The molecular formula is C20H26O5. The van der Waals surface area contributed by atoms with Crippen molar-refractivity contribution < 1.29 is 23.8 Å². The highest BCUT2D eigenvalue weighted by atomic mass is 16.6. The largest absolute Gasteiger partial charge is 0.458 e. The molecule has 4 fully saturated rings. The number of ether oxygens (including phenoxy) is 3. The summed E-state index contributed by atoms with van der Waals surface area (Å²) in [5.41, 5.74) is 2.40. The van der Waals surface area contributed by atoms with Crippen molar-refractivity contribution in [2.45, 2.75) is 70.9 Å². The summed E-state index contributed by atoms with van der Waals surface area (Å²) in [5, 5.41) is 0. The van der Waals surface area contributed by atoms with E-state index in [-0.39, 0.29) is 48.0 Å². The molecule has 136 valence electrons. The highest BCUT2D eigenvalue weighted by molar-refractivity contribution is 5.91. The monoisotopic (exact) mass is 346 g/mol. The third kappa shape index (κ3) is 2.11. The Hall–Kier alpha value is -1.62. The van der Waals surface area contributed by atoms with Gasteiger partial charge in [-0.05, 0) is 38.7 Å². The second kappa shape index (κ2) is 5.44. The number of rotatable bonds is 3. The van der Waals surface area contributed by atoms with Crippen LogP contribution < -0.4 is 0 Å². The predicted octanol–water partition coefficient (Wildman–Crippen LogP) is 2.94. The lowest BCUT2D eigenvalue weighted by Crippen LogP contribution is -2.61. The number of esters is 2. The van der Waals surface area contributed by atoms with E-state index in [1.54, 1.807) is 0 Å². The molecule has 5 heteroatoms. The topological polar surface area (TPSA) is 61.8 Å². The van der Waals surface area contributed by atoms with Crippen molar-refractivity contribution in [2.24, 2.45) is 17.8 Å². The number of hydrogen-bond donors (Lipinski definition) is 0. The Morgan fingerprint density at radius 3 is 2.88 bits per heavy atom. The first-order valence-corrected chi connectivity index (χ1v) is 9.27. The second-order valence-electron chi connectivity index (χ2n) is 8.14. The molecule has 5 nitrogen and oxygen atoms in total. The van der Waals surface area contributed by atoms with Gasteiger partial charge in [-0.2, -0.15) is 0 Å². The first-order chi connectivity index (χ1) is 11.8. The van der Waals surface area contributed by atoms with Crippen molar-refractivity contribution >= 4 is 11.9 Å². The molecule has 2 bridgehead atoms. The minimum atomic E-state index is -0.622. The quantitative estimate of drug-likeness (QED) is 0.447. The Kier molecular flexibility index (Phi) is 3.66. The molecule has 0 radical (unpaired) electrons. The van der Waals surface area contributed by atoms with Crippen LogP contribution in [0.1, 0.15) is 47.0 Å². The van der Waals surface area contributed by atoms with Gasteiger partial charge in [-0.25, -0.2) is 4.79 Å². The molecular weight excluding hydrogens is 320 g/mol. The van der Waals surface area contributed by atoms with Gasteiger partial charge in [0, 0.05) is 11.5 Å². The summed E-state index contributed by atoms with van der Waals surface area (Å²) in [6, 6.07) is 0. The van der Waals surface area contributed by atoms with Crippen molar-refractivity contribution in [2.75, 3.05) is 0 Å². The average Bonchev–Trinajstić information content (AvgIpc) is 3.09. The van der Waals surface area contributed by atoms with E-state index in [2.05, 4.69) is 13.5 Å². The summed E-state index contributed by atoms with van der Waals surface area (Å²) >= 11 is 0. The molecule has 25 heavy (non-hydrogen) atoms. The van der Waals surface area contributed by atoms with Crippen molar-refractivity contribution in [3.05, 3.63) is 23.3 Å². The fourth-order valence-electron chi connectivity index (χ4n) is 4.98. The fourth-order valence-corrected chi connectivity index (χ4v) is 4.98. The molecule has 0 aromatic carbocycles. The van der Waals surface area contributed by atoms with Crippen molar-refractivity contribution in [3.8, 4) is 0 Å². The molecule has 5 rings (SSSR count). The molecule has 0 N–H and O–H groups in total. The van der Waals surface area contributed by atoms with E-state index >= 15 is 0 Å². The second-order valence-corrected chi connectivity index (χ2v) is 8.14. The summed E-state index contributed by atoms with van der Waals surface area (Å²) in [5.74, 6) is -0.625. The van der Waals surface area contributed by atoms with E-state index in [4.69, 9.17) is 14.2 Å². The van der Waals surface area contributed by atoms with Crippen LogP contribution in [-0.4, -0.2) is 35.9 Å². The van der Waals surface area contributed by atoms with Gasteiger partial charge >= 0.3 is 11.9 Å². The zero-order valence-corrected chi connectivity index (χ0v) is 15.3. The standard InChI is InChI=1S/C20H26O5/c1-6-9(2)18(21)24-17-16-13-10(3)7-8-12-11(4)19(22)23-15(12)14(13)20(17,5)25-16/h9,12,14-17H,4,6-8H2,1-3,5H3/t9?,12-,14-,15+,16+,17-,20-/m0/s1. The van der Waals surface area contributed by atoms with E-state index in [0.29, 0.717) is 5.57 Å². The van der Waals surface area contributed by atoms with Crippen molar-refractivity contribution in [1.29, 1.82) is 0 Å². The third-order valence-corrected chi connectivity index (χ3v) is 6.74. The highest BCUT2D eigenvalue weighted by Crippen LogP contribution is 2.62. The van der Waals surface area contributed by atoms with E-state index in [1.165, 1.54) is 11.1 Å². The summed E-state index contributed by atoms with van der Waals surface area (Å²) in [7, 11) is 0. The van der Waals surface area contributed by atoms with Crippen LogP contribution in [0.3, 0.4) is 0 Å². The smallest absolute Gasteiger partial charge is 0.334 e. The summed E-state index contributed by atoms with van der Waals surface area (Å²) in [4.78, 5) is 24.4. The Morgan fingerprint density at radius 2 is 2.20 bits per heavy atom. The van der Waals surface area contributed by atoms with Gasteiger partial charge in [0.05, 0.1) is 11.8 Å². The summed E-state index contributed by atoms with van der Waals surface area (Å²) in [6.45, 7) is 11.9. The van der Waals surface area contributed by atoms with Gasteiger partial charge in [-0.1, -0.05) is 26.0 Å². The molecule has 3 saturated heterocycles. The maximum Gasteiger partial charge on any atom is 0.334 e. The maximum atomic E-state index is 12.3. The van der Waals surface area contributed by atoms with Gasteiger partial charge in [-0.15, -0.1) is 0 Å².